The van der Waals surface area contributed by atoms with E-state index in [1.54, 1.807) is 13.8 Å². The summed E-state index contributed by atoms with van der Waals surface area (Å²) in [6, 6.07) is 5.99. The monoisotopic (exact) mass is 367 g/mol. The quantitative estimate of drug-likeness (QED) is 0.660. The fourth-order valence-electron chi connectivity index (χ4n) is 3.32. The van der Waals surface area contributed by atoms with Gasteiger partial charge in [0.2, 0.25) is 5.91 Å². The maximum atomic E-state index is 13.8. The van der Waals surface area contributed by atoms with Gasteiger partial charge in [-0.25, -0.2) is 0 Å². The number of rotatable bonds is 3. The Morgan fingerprint density at radius 3 is 2.50 bits per heavy atom. The minimum atomic E-state index is -4.65. The topological polar surface area (TPSA) is 75.5 Å². The summed E-state index contributed by atoms with van der Waals surface area (Å²) in [7, 11) is 0. The Morgan fingerprint density at radius 2 is 1.96 bits per heavy atom. The Hall–Kier alpha value is -2.68. The molecule has 0 radical (unpaired) electrons. The lowest BCUT2D eigenvalue weighted by molar-refractivity contribution is -0.383. The molecule has 3 rings (SSSR count). The summed E-state index contributed by atoms with van der Waals surface area (Å²) >= 11 is 0. The van der Waals surface area contributed by atoms with E-state index in [1.807, 2.05) is 0 Å². The molecule has 1 N–H and O–H groups in total. The number of carbonyl (C=O) groups is 1. The minimum Gasteiger partial charge on any atom is -0.287 e. The van der Waals surface area contributed by atoms with Crippen LogP contribution in [0.1, 0.15) is 31.9 Å². The van der Waals surface area contributed by atoms with Crippen LogP contribution < -0.4 is 5.43 Å². The van der Waals surface area contributed by atoms with E-state index in [9.17, 15) is 28.1 Å². The molecule has 1 saturated heterocycles. The van der Waals surface area contributed by atoms with Gasteiger partial charge >= 0.3 is 6.18 Å². The average Bonchev–Trinajstić information content (AvgIpc) is 2.77. The molecule has 1 aliphatic heterocycles. The van der Waals surface area contributed by atoms with Gasteiger partial charge in [-0.3, -0.25) is 20.3 Å². The Labute approximate surface area is 146 Å². The van der Waals surface area contributed by atoms with E-state index in [1.165, 1.54) is 36.4 Å². The Balaban J connectivity index is 2.14. The van der Waals surface area contributed by atoms with Crippen molar-refractivity contribution in [3.05, 3.63) is 52.1 Å². The third-order valence-corrected chi connectivity index (χ3v) is 4.45. The van der Waals surface area contributed by atoms with Gasteiger partial charge < -0.3 is 0 Å². The number of fused-ring (bicyclic) bond motifs is 1. The highest BCUT2D eigenvalue weighted by atomic mass is 19.4. The van der Waals surface area contributed by atoms with E-state index < -0.39 is 28.6 Å². The van der Waals surface area contributed by atoms with E-state index in [0.717, 1.165) is 5.01 Å². The highest BCUT2D eigenvalue weighted by Gasteiger charge is 2.53. The molecule has 6 nitrogen and oxygen atoms in total. The highest BCUT2D eigenvalue weighted by Crippen LogP contribution is 2.43. The summed E-state index contributed by atoms with van der Waals surface area (Å²) in [5.74, 6) is -0.485. The molecule has 1 unspecified atom stereocenters. The number of alkyl halides is 3. The molecule has 1 atom stereocenters. The van der Waals surface area contributed by atoms with Crippen LogP contribution in [-0.4, -0.2) is 27.6 Å². The summed E-state index contributed by atoms with van der Waals surface area (Å²) < 4.78 is 41.5. The van der Waals surface area contributed by atoms with Crippen molar-refractivity contribution in [1.82, 2.24) is 10.4 Å². The molecule has 0 aromatic heterocycles. The van der Waals surface area contributed by atoms with Crippen LogP contribution in [0.3, 0.4) is 0 Å². The number of nitrogens with zero attached hydrogens (tertiary/aromatic N) is 2. The van der Waals surface area contributed by atoms with Gasteiger partial charge in [0.05, 0.1) is 10.3 Å². The summed E-state index contributed by atoms with van der Waals surface area (Å²) in [6.07, 6.45) is -4.71. The summed E-state index contributed by atoms with van der Waals surface area (Å²) in [6.45, 7) is 3.10. The number of benzene rings is 2. The molecule has 1 heterocycles. The first-order valence-corrected chi connectivity index (χ1v) is 7.83. The zero-order valence-corrected chi connectivity index (χ0v) is 14.0. The van der Waals surface area contributed by atoms with Gasteiger partial charge in [0.15, 0.2) is 6.04 Å². The van der Waals surface area contributed by atoms with Gasteiger partial charge in [-0.2, -0.15) is 18.2 Å². The smallest absolute Gasteiger partial charge is 0.287 e. The zero-order chi connectivity index (χ0) is 19.3. The molecule has 9 heteroatoms. The fourth-order valence-corrected chi connectivity index (χ4v) is 3.32. The van der Waals surface area contributed by atoms with E-state index in [2.05, 4.69) is 5.43 Å². The molecule has 2 aromatic carbocycles. The van der Waals surface area contributed by atoms with E-state index in [0.29, 0.717) is 5.39 Å². The van der Waals surface area contributed by atoms with E-state index in [-0.39, 0.29) is 23.1 Å². The second-order valence-corrected chi connectivity index (χ2v) is 6.85. The number of nitro groups is 1. The predicted molar refractivity (Wildman–Crippen MR) is 88.1 cm³/mol. The second kappa shape index (κ2) is 5.94. The number of nitro benzene ring substituents is 1. The van der Waals surface area contributed by atoms with Crippen molar-refractivity contribution < 1.29 is 22.9 Å². The van der Waals surface area contributed by atoms with Gasteiger partial charge in [-0.15, -0.1) is 0 Å². The van der Waals surface area contributed by atoms with Crippen LogP contribution in [0.5, 0.6) is 0 Å². The van der Waals surface area contributed by atoms with Crippen LogP contribution in [0, 0.1) is 10.1 Å². The van der Waals surface area contributed by atoms with Gasteiger partial charge in [0.1, 0.15) is 0 Å². The average molecular weight is 367 g/mol. The second-order valence-electron chi connectivity index (χ2n) is 6.85. The number of hydrogen-bond acceptors (Lipinski definition) is 4. The first kappa shape index (κ1) is 18.1. The van der Waals surface area contributed by atoms with Gasteiger partial charge in [-0.05, 0) is 36.9 Å². The molecule has 138 valence electrons. The molecule has 26 heavy (non-hydrogen) atoms. The molecule has 0 spiro atoms. The van der Waals surface area contributed by atoms with E-state index >= 15 is 0 Å². The maximum Gasteiger partial charge on any atom is 0.409 e. The normalized spacial score (nSPS) is 18.7. The Bertz CT molecular complexity index is 896. The van der Waals surface area contributed by atoms with Crippen LogP contribution in [0.4, 0.5) is 18.9 Å². The molecule has 1 amide bonds. The third-order valence-electron chi connectivity index (χ3n) is 4.45. The van der Waals surface area contributed by atoms with Crippen LogP contribution in [0.2, 0.25) is 0 Å². The van der Waals surface area contributed by atoms with Gasteiger partial charge in [-0.1, -0.05) is 18.2 Å². The lowest BCUT2D eigenvalue weighted by atomic mass is 9.95. The molecular formula is C17H16F3N3O3. The van der Waals surface area contributed by atoms with Crippen molar-refractivity contribution in [3.8, 4) is 0 Å². The van der Waals surface area contributed by atoms with E-state index in [4.69, 9.17) is 0 Å². The predicted octanol–water partition coefficient (Wildman–Crippen LogP) is 3.87. The maximum absolute atomic E-state index is 13.8. The largest absolute Gasteiger partial charge is 0.409 e. The Kier molecular flexibility index (Phi) is 4.14. The van der Waals surface area contributed by atoms with Crippen LogP contribution in [-0.2, 0) is 4.79 Å². The lowest BCUT2D eigenvalue weighted by Gasteiger charge is -2.38. The molecule has 1 aliphatic rings. The van der Waals surface area contributed by atoms with Crippen molar-refractivity contribution in [2.75, 3.05) is 0 Å². The minimum absolute atomic E-state index is 0.0569. The van der Waals surface area contributed by atoms with Gasteiger partial charge in [0, 0.05) is 18.0 Å². The van der Waals surface area contributed by atoms with Crippen molar-refractivity contribution in [1.29, 1.82) is 0 Å². The number of nitrogens with one attached hydrogen (secondary N) is 1. The SMILES string of the molecule is CC1(C)CC(=O)NN1C(c1ccc2c([N+](=O)[O-])cccc2c1)C(F)(F)F. The number of hydrazine groups is 1. The molecule has 0 aliphatic carbocycles. The number of halogens is 3. The molecule has 2 aromatic rings. The molecule has 0 saturated carbocycles. The van der Waals surface area contributed by atoms with Crippen molar-refractivity contribution in [3.63, 3.8) is 0 Å². The van der Waals surface area contributed by atoms with Crippen molar-refractivity contribution in [2.45, 2.75) is 38.0 Å². The zero-order valence-electron chi connectivity index (χ0n) is 14.0. The first-order chi connectivity index (χ1) is 12.0. The number of amides is 1. The summed E-state index contributed by atoms with van der Waals surface area (Å²) in [5, 5.41) is 12.6. The Morgan fingerprint density at radius 1 is 1.27 bits per heavy atom. The number of hydrogen-bond donors (Lipinski definition) is 1. The van der Waals surface area contributed by atoms with Crippen LogP contribution in [0.25, 0.3) is 10.8 Å². The standard InChI is InChI=1S/C17H16F3N3O3/c1-16(2)9-14(24)21-22(16)15(17(18,19)20)11-6-7-12-10(8-11)4-3-5-13(12)23(25)26/h3-8,15H,9H2,1-2H3,(H,21,24). The number of non-ortho nitro benzene ring substituents is 1. The first-order valence-electron chi connectivity index (χ1n) is 7.83. The highest BCUT2D eigenvalue weighted by molar-refractivity contribution is 5.91. The molecule has 0 bridgehead atoms. The summed E-state index contributed by atoms with van der Waals surface area (Å²) in [5.41, 5.74) is 0.990. The summed E-state index contributed by atoms with van der Waals surface area (Å²) in [4.78, 5) is 22.2. The van der Waals surface area contributed by atoms with Crippen molar-refractivity contribution in [2.24, 2.45) is 0 Å². The lowest BCUT2D eigenvalue weighted by Crippen LogP contribution is -2.51. The molecule has 1 fully saturated rings. The van der Waals surface area contributed by atoms with Crippen LogP contribution >= 0.6 is 0 Å². The number of carbonyl (C=O) groups excluding carboxylic acids is 1. The van der Waals surface area contributed by atoms with Crippen LogP contribution in [0.15, 0.2) is 36.4 Å². The van der Waals surface area contributed by atoms with Gasteiger partial charge in [0.25, 0.3) is 5.69 Å². The third kappa shape index (κ3) is 3.10. The fraction of sp³-hybridized carbons (Fsp3) is 0.353. The molecular weight excluding hydrogens is 351 g/mol. The van der Waals surface area contributed by atoms with Crippen molar-refractivity contribution >= 4 is 22.4 Å².